The number of carbonyl (C=O) groups is 1. The number of nitrogen functional groups attached to an aromatic ring is 1. The van der Waals surface area contributed by atoms with Crippen molar-refractivity contribution in [2.45, 2.75) is 18.9 Å². The Bertz CT molecular complexity index is 593. The lowest BCUT2D eigenvalue weighted by Gasteiger charge is -2.23. The molecule has 1 atom stereocenters. The second-order valence-electron chi connectivity index (χ2n) is 4.90. The predicted octanol–water partition coefficient (Wildman–Crippen LogP) is -0.154. The smallest absolute Gasteiger partial charge is 0.220 e. The van der Waals surface area contributed by atoms with Gasteiger partial charge in [0, 0.05) is 30.8 Å². The normalized spacial score (nSPS) is 19.0. The van der Waals surface area contributed by atoms with E-state index in [1.165, 1.54) is 0 Å². The Morgan fingerprint density at radius 1 is 1.43 bits per heavy atom. The first kappa shape index (κ1) is 15.6. The number of piperidine rings is 1. The quantitative estimate of drug-likeness (QED) is 0.632. The van der Waals surface area contributed by atoms with Crippen molar-refractivity contribution in [2.75, 3.05) is 24.6 Å². The van der Waals surface area contributed by atoms with Crippen LogP contribution in [0.5, 0.6) is 5.75 Å². The van der Waals surface area contributed by atoms with Crippen LogP contribution < -0.4 is 20.5 Å². The average Bonchev–Trinajstić information content (AvgIpc) is 2.41. The van der Waals surface area contributed by atoms with Crippen molar-refractivity contribution in [3.05, 3.63) is 24.3 Å². The van der Waals surface area contributed by atoms with Gasteiger partial charge in [-0.1, -0.05) is 6.07 Å². The predicted molar refractivity (Wildman–Crippen MR) is 79.3 cm³/mol. The van der Waals surface area contributed by atoms with Crippen molar-refractivity contribution in [2.24, 2.45) is 0 Å². The van der Waals surface area contributed by atoms with Crippen molar-refractivity contribution >= 4 is 21.6 Å². The molecule has 8 heteroatoms. The minimum Gasteiger partial charge on any atom is -0.492 e. The number of benzene rings is 1. The first-order valence-corrected chi connectivity index (χ1v) is 8.35. The van der Waals surface area contributed by atoms with Gasteiger partial charge in [-0.25, -0.2) is 13.1 Å². The van der Waals surface area contributed by atoms with Crippen molar-refractivity contribution in [3.63, 3.8) is 0 Å². The molecule has 0 aliphatic carbocycles. The molecule has 7 nitrogen and oxygen atoms in total. The van der Waals surface area contributed by atoms with Crippen LogP contribution in [0.1, 0.15) is 12.8 Å². The summed E-state index contributed by atoms with van der Waals surface area (Å²) >= 11 is 0. The molecule has 0 radical (unpaired) electrons. The largest absolute Gasteiger partial charge is 0.492 e. The third-order valence-electron chi connectivity index (χ3n) is 3.09. The van der Waals surface area contributed by atoms with E-state index < -0.39 is 10.0 Å². The third-order valence-corrected chi connectivity index (χ3v) is 4.49. The minimum absolute atomic E-state index is 0.0395. The number of nitrogens with one attached hydrogen (secondary N) is 2. The summed E-state index contributed by atoms with van der Waals surface area (Å²) in [6, 6.07) is 6.56. The molecule has 0 aromatic heterocycles. The van der Waals surface area contributed by atoms with Gasteiger partial charge in [-0.2, -0.15) is 0 Å². The van der Waals surface area contributed by atoms with E-state index in [0.29, 0.717) is 30.8 Å². The number of hydrogen-bond donors (Lipinski definition) is 3. The van der Waals surface area contributed by atoms with E-state index in [2.05, 4.69) is 10.0 Å². The van der Waals surface area contributed by atoms with Crippen LogP contribution >= 0.6 is 0 Å². The summed E-state index contributed by atoms with van der Waals surface area (Å²) in [6.07, 6.45) is 0.855. The Hall–Kier alpha value is -1.80. The highest BCUT2D eigenvalue weighted by atomic mass is 32.2. The highest BCUT2D eigenvalue weighted by Gasteiger charge is 2.22. The molecule has 0 saturated carbocycles. The summed E-state index contributed by atoms with van der Waals surface area (Å²) in [5, 5.41) is 2.63. The van der Waals surface area contributed by atoms with Crippen molar-refractivity contribution < 1.29 is 17.9 Å². The molecule has 4 N–H and O–H groups in total. The summed E-state index contributed by atoms with van der Waals surface area (Å²) in [4.78, 5) is 11.0. The van der Waals surface area contributed by atoms with Crippen molar-refractivity contribution in [1.82, 2.24) is 10.0 Å². The van der Waals surface area contributed by atoms with Gasteiger partial charge < -0.3 is 15.8 Å². The lowest BCUT2D eigenvalue weighted by atomic mass is 10.1. The fourth-order valence-electron chi connectivity index (χ4n) is 2.02. The zero-order valence-electron chi connectivity index (χ0n) is 11.5. The number of nitrogens with two attached hydrogens (primary N) is 1. The van der Waals surface area contributed by atoms with E-state index in [9.17, 15) is 13.2 Å². The number of sulfonamides is 1. The summed E-state index contributed by atoms with van der Waals surface area (Å²) in [6.45, 7) is 0.367. The molecule has 1 amide bonds. The van der Waals surface area contributed by atoms with Crippen molar-refractivity contribution in [1.29, 1.82) is 0 Å². The second kappa shape index (κ2) is 6.77. The highest BCUT2D eigenvalue weighted by molar-refractivity contribution is 7.89. The molecular weight excluding hydrogens is 294 g/mol. The summed E-state index contributed by atoms with van der Waals surface area (Å²) in [5.41, 5.74) is 6.17. The lowest BCUT2D eigenvalue weighted by Crippen LogP contribution is -2.48. The SMILES string of the molecule is Nc1cccc(OCCS(=O)(=O)NC2CCC(=O)NC2)c1. The monoisotopic (exact) mass is 313 g/mol. The number of rotatable bonds is 6. The Balaban J connectivity index is 1.77. The number of hydrogen-bond acceptors (Lipinski definition) is 5. The van der Waals surface area contributed by atoms with Gasteiger partial charge in [0.25, 0.3) is 0 Å². The van der Waals surface area contributed by atoms with Crippen LogP contribution in [0.2, 0.25) is 0 Å². The second-order valence-corrected chi connectivity index (χ2v) is 6.77. The fraction of sp³-hybridized carbons (Fsp3) is 0.462. The van der Waals surface area contributed by atoms with Gasteiger partial charge >= 0.3 is 0 Å². The van der Waals surface area contributed by atoms with Crippen LogP contribution in [0, 0.1) is 0 Å². The first-order chi connectivity index (χ1) is 9.94. The van der Waals surface area contributed by atoms with Crippen molar-refractivity contribution in [3.8, 4) is 5.75 Å². The molecule has 1 saturated heterocycles. The molecule has 116 valence electrons. The Labute approximate surface area is 123 Å². The van der Waals surface area contributed by atoms with Gasteiger partial charge in [0.15, 0.2) is 0 Å². The maximum atomic E-state index is 11.9. The first-order valence-electron chi connectivity index (χ1n) is 6.70. The molecule has 1 heterocycles. The Kier molecular flexibility index (Phi) is 5.03. The topological polar surface area (TPSA) is 111 Å². The summed E-state index contributed by atoms with van der Waals surface area (Å²) in [5.74, 6) is 0.345. The van der Waals surface area contributed by atoms with Crippen LogP contribution in [0.15, 0.2) is 24.3 Å². The number of carbonyl (C=O) groups excluding carboxylic acids is 1. The van der Waals surface area contributed by atoms with Crippen LogP contribution in [0.25, 0.3) is 0 Å². The molecule has 1 fully saturated rings. The third kappa shape index (κ3) is 5.24. The zero-order valence-corrected chi connectivity index (χ0v) is 12.4. The lowest BCUT2D eigenvalue weighted by molar-refractivity contribution is -0.122. The van der Waals surface area contributed by atoms with Gasteiger partial charge in [0.2, 0.25) is 15.9 Å². The minimum atomic E-state index is -3.44. The zero-order chi connectivity index (χ0) is 15.3. The Morgan fingerprint density at radius 3 is 2.90 bits per heavy atom. The van der Waals surface area contributed by atoms with E-state index in [0.717, 1.165) is 0 Å². The van der Waals surface area contributed by atoms with E-state index in [-0.39, 0.29) is 24.3 Å². The van der Waals surface area contributed by atoms with E-state index >= 15 is 0 Å². The van der Waals surface area contributed by atoms with Gasteiger partial charge in [0.05, 0.1) is 5.75 Å². The number of anilines is 1. The number of ether oxygens (including phenoxy) is 1. The number of amides is 1. The van der Waals surface area contributed by atoms with E-state index in [4.69, 9.17) is 10.5 Å². The van der Waals surface area contributed by atoms with Gasteiger partial charge in [-0.3, -0.25) is 4.79 Å². The molecule has 0 spiro atoms. The molecule has 1 aliphatic heterocycles. The Morgan fingerprint density at radius 2 is 2.24 bits per heavy atom. The molecule has 1 aromatic rings. The van der Waals surface area contributed by atoms with Gasteiger partial charge in [0.1, 0.15) is 12.4 Å². The highest BCUT2D eigenvalue weighted by Crippen LogP contribution is 2.14. The maximum absolute atomic E-state index is 11.9. The molecule has 0 bridgehead atoms. The maximum Gasteiger partial charge on any atom is 0.220 e. The molecule has 1 aromatic carbocycles. The van der Waals surface area contributed by atoms with Gasteiger partial charge in [-0.15, -0.1) is 0 Å². The van der Waals surface area contributed by atoms with Crippen LogP contribution in [-0.2, 0) is 14.8 Å². The molecule has 2 rings (SSSR count). The molecular formula is C13H19N3O4S. The van der Waals surface area contributed by atoms with E-state index in [1.807, 2.05) is 0 Å². The molecule has 1 unspecified atom stereocenters. The van der Waals surface area contributed by atoms with Crippen LogP contribution in [0.3, 0.4) is 0 Å². The summed E-state index contributed by atoms with van der Waals surface area (Å²) in [7, 11) is -3.44. The fourth-order valence-corrected chi connectivity index (χ4v) is 3.15. The average molecular weight is 313 g/mol. The van der Waals surface area contributed by atoms with E-state index in [1.54, 1.807) is 24.3 Å². The molecule has 21 heavy (non-hydrogen) atoms. The summed E-state index contributed by atoms with van der Waals surface area (Å²) < 4.78 is 31.7. The van der Waals surface area contributed by atoms with Crippen LogP contribution in [0.4, 0.5) is 5.69 Å². The van der Waals surface area contributed by atoms with Gasteiger partial charge in [-0.05, 0) is 18.6 Å². The molecule has 1 aliphatic rings. The standard InChI is InChI=1S/C13H19N3O4S/c14-10-2-1-3-12(8-10)20-6-7-21(18,19)16-11-4-5-13(17)15-9-11/h1-3,8,11,16H,4-7,9,14H2,(H,15,17). The van der Waals surface area contributed by atoms with Crippen LogP contribution in [-0.4, -0.2) is 39.3 Å².